The number of aryl methyl sites for hydroxylation is 1. The van der Waals surface area contributed by atoms with Crippen LogP contribution in [-0.4, -0.2) is 52.1 Å². The van der Waals surface area contributed by atoms with Gasteiger partial charge in [-0.2, -0.15) is 5.10 Å². The Labute approximate surface area is 181 Å². The first kappa shape index (κ1) is 19.7. The molecule has 1 saturated heterocycles. The first-order valence-corrected chi connectivity index (χ1v) is 10.7. The summed E-state index contributed by atoms with van der Waals surface area (Å²) < 4.78 is 9.14. The molecule has 2 aromatic heterocycles. The number of nitrogens with zero attached hydrogens (tertiary/aromatic N) is 4. The third-order valence-electron chi connectivity index (χ3n) is 5.94. The van der Waals surface area contributed by atoms with Crippen LogP contribution in [0.2, 0.25) is 0 Å². The van der Waals surface area contributed by atoms with E-state index < -0.39 is 0 Å². The number of aromatic nitrogens is 3. The van der Waals surface area contributed by atoms with E-state index >= 15 is 0 Å². The molecule has 158 valence electrons. The molecule has 0 saturated carbocycles. The largest absolute Gasteiger partial charge is 0.379 e. The van der Waals surface area contributed by atoms with Gasteiger partial charge in [-0.15, -0.1) is 0 Å². The van der Waals surface area contributed by atoms with E-state index in [4.69, 9.17) is 4.74 Å². The maximum atomic E-state index is 12.8. The predicted molar refractivity (Wildman–Crippen MR) is 123 cm³/mol. The lowest BCUT2D eigenvalue weighted by atomic mass is 10.1. The summed E-state index contributed by atoms with van der Waals surface area (Å²) in [4.78, 5) is 15.2. The summed E-state index contributed by atoms with van der Waals surface area (Å²) >= 11 is 0. The van der Waals surface area contributed by atoms with Crippen LogP contribution in [0.25, 0.3) is 27.7 Å². The van der Waals surface area contributed by atoms with Gasteiger partial charge >= 0.3 is 0 Å². The smallest absolute Gasteiger partial charge is 0.255 e. The molecule has 0 aliphatic carbocycles. The van der Waals surface area contributed by atoms with Gasteiger partial charge in [-0.3, -0.25) is 18.9 Å². The zero-order chi connectivity index (χ0) is 21.2. The second-order valence-electron chi connectivity index (χ2n) is 8.05. The number of hydrogen-bond acceptors (Lipinski definition) is 4. The monoisotopic (exact) mass is 414 g/mol. The van der Waals surface area contributed by atoms with Crippen LogP contribution in [0.5, 0.6) is 0 Å². The molecule has 2 aromatic carbocycles. The van der Waals surface area contributed by atoms with Crippen LogP contribution in [0.15, 0.2) is 71.8 Å². The van der Waals surface area contributed by atoms with Crippen molar-refractivity contribution < 1.29 is 4.74 Å². The maximum absolute atomic E-state index is 12.8. The predicted octanol–water partition coefficient (Wildman–Crippen LogP) is 3.49. The Bertz CT molecular complexity index is 1250. The van der Waals surface area contributed by atoms with Crippen molar-refractivity contribution in [1.82, 2.24) is 19.2 Å². The van der Waals surface area contributed by atoms with E-state index in [9.17, 15) is 4.79 Å². The Morgan fingerprint density at radius 2 is 1.74 bits per heavy atom. The number of benzene rings is 2. The van der Waals surface area contributed by atoms with Crippen LogP contribution in [0.1, 0.15) is 5.56 Å². The highest BCUT2D eigenvalue weighted by molar-refractivity contribution is 5.81. The van der Waals surface area contributed by atoms with Gasteiger partial charge < -0.3 is 4.74 Å². The lowest BCUT2D eigenvalue weighted by molar-refractivity contribution is 0.0361. The minimum Gasteiger partial charge on any atom is -0.379 e. The van der Waals surface area contributed by atoms with Gasteiger partial charge in [-0.05, 0) is 42.3 Å². The van der Waals surface area contributed by atoms with Gasteiger partial charge in [-0.25, -0.2) is 0 Å². The minimum absolute atomic E-state index is 0.0443. The van der Waals surface area contributed by atoms with Crippen molar-refractivity contribution in [2.24, 2.45) is 0 Å². The first-order valence-electron chi connectivity index (χ1n) is 10.7. The molecule has 3 heterocycles. The van der Waals surface area contributed by atoms with E-state index in [1.807, 2.05) is 47.4 Å². The van der Waals surface area contributed by atoms with Gasteiger partial charge in [0.1, 0.15) is 0 Å². The number of hydrogen-bond donors (Lipinski definition) is 0. The molecule has 1 aliphatic heterocycles. The number of fused-ring (bicyclic) bond motifs is 1. The molecule has 1 aliphatic rings. The van der Waals surface area contributed by atoms with E-state index in [2.05, 4.69) is 35.1 Å². The Morgan fingerprint density at radius 3 is 2.52 bits per heavy atom. The van der Waals surface area contributed by atoms with E-state index in [1.165, 1.54) is 5.56 Å². The third kappa shape index (κ3) is 4.17. The molecule has 0 unspecified atom stereocenters. The molecule has 0 spiro atoms. The van der Waals surface area contributed by atoms with Gasteiger partial charge in [0.05, 0.1) is 31.5 Å². The van der Waals surface area contributed by atoms with Crippen molar-refractivity contribution >= 4 is 10.9 Å². The van der Waals surface area contributed by atoms with Crippen molar-refractivity contribution in [2.75, 3.05) is 32.8 Å². The second kappa shape index (κ2) is 8.49. The van der Waals surface area contributed by atoms with Crippen LogP contribution in [0.3, 0.4) is 0 Å². The zero-order valence-electron chi connectivity index (χ0n) is 17.7. The lowest BCUT2D eigenvalue weighted by Crippen LogP contribution is -2.38. The van der Waals surface area contributed by atoms with Gasteiger partial charge in [0, 0.05) is 43.0 Å². The molecule has 1 fully saturated rings. The van der Waals surface area contributed by atoms with Crippen LogP contribution in [0, 0.1) is 6.92 Å². The quantitative estimate of drug-likeness (QED) is 0.502. The number of ether oxygens (including phenoxy) is 1. The van der Waals surface area contributed by atoms with Crippen LogP contribution < -0.4 is 5.56 Å². The molecule has 31 heavy (non-hydrogen) atoms. The summed E-state index contributed by atoms with van der Waals surface area (Å²) in [6.45, 7) is 7.43. The molecule has 0 atom stereocenters. The number of morpholine rings is 1. The van der Waals surface area contributed by atoms with Gasteiger partial charge in [-0.1, -0.05) is 29.8 Å². The van der Waals surface area contributed by atoms with E-state index in [-0.39, 0.29) is 5.56 Å². The highest BCUT2D eigenvalue weighted by Gasteiger charge is 2.12. The fourth-order valence-corrected chi connectivity index (χ4v) is 4.08. The Hall–Kier alpha value is -3.22. The zero-order valence-corrected chi connectivity index (χ0v) is 17.7. The molecular formula is C25H26N4O2. The average molecular weight is 415 g/mol. The molecule has 0 bridgehead atoms. The molecule has 4 aromatic rings. The highest BCUT2D eigenvalue weighted by Crippen LogP contribution is 2.21. The lowest BCUT2D eigenvalue weighted by Gasteiger charge is -2.26. The Balaban J connectivity index is 1.38. The minimum atomic E-state index is -0.0443. The van der Waals surface area contributed by atoms with Gasteiger partial charge in [0.15, 0.2) is 0 Å². The summed E-state index contributed by atoms with van der Waals surface area (Å²) in [7, 11) is 0. The van der Waals surface area contributed by atoms with Crippen molar-refractivity contribution in [3.05, 3.63) is 82.9 Å². The fourth-order valence-electron chi connectivity index (χ4n) is 4.08. The normalized spacial score (nSPS) is 14.9. The molecule has 6 heteroatoms. The highest BCUT2D eigenvalue weighted by atomic mass is 16.5. The standard InChI is InChI=1S/C25H26N4O2/c1-19-2-4-20(5-3-19)21-8-9-28(25(30)17-21)23-6-7-24-22(16-23)18-26-29(24)11-10-27-12-14-31-15-13-27/h2-9,16-18H,10-15H2,1H3. The summed E-state index contributed by atoms with van der Waals surface area (Å²) in [5, 5.41) is 5.61. The topological polar surface area (TPSA) is 52.3 Å². The number of rotatable bonds is 5. The van der Waals surface area contributed by atoms with E-state index in [0.717, 1.165) is 67.1 Å². The molecule has 6 nitrogen and oxygen atoms in total. The Morgan fingerprint density at radius 1 is 0.935 bits per heavy atom. The van der Waals surface area contributed by atoms with Crippen molar-refractivity contribution in [3.8, 4) is 16.8 Å². The van der Waals surface area contributed by atoms with Crippen LogP contribution in [0.4, 0.5) is 0 Å². The summed E-state index contributed by atoms with van der Waals surface area (Å²) in [6.07, 6.45) is 3.73. The van der Waals surface area contributed by atoms with Crippen molar-refractivity contribution in [3.63, 3.8) is 0 Å². The van der Waals surface area contributed by atoms with Gasteiger partial charge in [0.2, 0.25) is 0 Å². The molecule has 5 rings (SSSR count). The molecule has 0 radical (unpaired) electrons. The van der Waals surface area contributed by atoms with Gasteiger partial charge in [0.25, 0.3) is 5.56 Å². The van der Waals surface area contributed by atoms with E-state index in [0.29, 0.717) is 0 Å². The molecular weight excluding hydrogens is 388 g/mol. The third-order valence-corrected chi connectivity index (χ3v) is 5.94. The SMILES string of the molecule is Cc1ccc(-c2ccn(-c3ccc4c(cnn4CCN4CCOCC4)c3)c(=O)c2)cc1. The summed E-state index contributed by atoms with van der Waals surface area (Å²) in [5.41, 5.74) is 5.07. The molecule has 0 amide bonds. The molecule has 0 N–H and O–H groups in total. The summed E-state index contributed by atoms with van der Waals surface area (Å²) in [6, 6.07) is 18.0. The first-order chi connectivity index (χ1) is 15.2. The van der Waals surface area contributed by atoms with Crippen LogP contribution >= 0.6 is 0 Å². The maximum Gasteiger partial charge on any atom is 0.255 e. The summed E-state index contributed by atoms with van der Waals surface area (Å²) in [5.74, 6) is 0. The van der Waals surface area contributed by atoms with Crippen LogP contribution in [-0.2, 0) is 11.3 Å². The number of pyridine rings is 1. The average Bonchev–Trinajstić information content (AvgIpc) is 3.21. The Kier molecular flexibility index (Phi) is 5.40. The fraction of sp³-hybridized carbons (Fsp3) is 0.280. The van der Waals surface area contributed by atoms with Crippen molar-refractivity contribution in [1.29, 1.82) is 0 Å². The second-order valence-corrected chi connectivity index (χ2v) is 8.05. The van der Waals surface area contributed by atoms with Crippen molar-refractivity contribution in [2.45, 2.75) is 13.5 Å². The van der Waals surface area contributed by atoms with E-state index in [1.54, 1.807) is 10.6 Å².